The van der Waals surface area contributed by atoms with E-state index in [1.165, 1.54) is 11.3 Å². The predicted molar refractivity (Wildman–Crippen MR) is 121 cm³/mol. The van der Waals surface area contributed by atoms with Gasteiger partial charge in [-0.3, -0.25) is 14.6 Å². The molecule has 1 aromatic carbocycles. The Balaban J connectivity index is 0.00000196. The number of hydrogen-bond acceptors (Lipinski definition) is 5. The van der Waals surface area contributed by atoms with E-state index in [2.05, 4.69) is 56.5 Å². The number of anilines is 1. The first kappa shape index (κ1) is 25.0. The van der Waals surface area contributed by atoms with Crippen LogP contribution in [0.1, 0.15) is 12.0 Å². The van der Waals surface area contributed by atoms with Crippen molar-refractivity contribution in [3.8, 4) is 0 Å². The minimum Gasteiger partial charge on any atom is -0.369 e. The van der Waals surface area contributed by atoms with Gasteiger partial charge in [0.05, 0.1) is 0 Å². The van der Waals surface area contributed by atoms with Crippen molar-refractivity contribution in [2.45, 2.75) is 13.3 Å². The molecule has 0 aliphatic carbocycles. The van der Waals surface area contributed by atoms with E-state index in [0.717, 1.165) is 72.0 Å². The summed E-state index contributed by atoms with van der Waals surface area (Å²) in [5.74, 6) is 0.182. The number of rotatable bonds is 7. The number of amides is 1. The first-order chi connectivity index (χ1) is 12.7. The van der Waals surface area contributed by atoms with E-state index >= 15 is 0 Å². The largest absolute Gasteiger partial charge is 0.369 e. The minimum atomic E-state index is 0. The zero-order valence-electron chi connectivity index (χ0n) is 16.9. The number of aryl methyl sites for hydroxylation is 1. The standard InChI is InChI=1S/C20H33N5O.2ClH/c1-18-3-2-4-19(17-18)25-15-13-23(14-16-25)9-5-20(26)22-8-12-24-10-6-21-7-11-24;;/h2-4,17,21H,5-16H2,1H3,(H,22,26);2*1H. The van der Waals surface area contributed by atoms with Gasteiger partial charge in [0.2, 0.25) is 5.91 Å². The molecule has 0 radical (unpaired) electrons. The highest BCUT2D eigenvalue weighted by Gasteiger charge is 2.18. The van der Waals surface area contributed by atoms with Gasteiger partial charge in [-0.1, -0.05) is 12.1 Å². The van der Waals surface area contributed by atoms with E-state index in [0.29, 0.717) is 6.42 Å². The van der Waals surface area contributed by atoms with Gasteiger partial charge in [0, 0.05) is 84.1 Å². The molecule has 8 heteroatoms. The molecule has 2 fully saturated rings. The molecule has 2 heterocycles. The van der Waals surface area contributed by atoms with Crippen molar-refractivity contribution >= 4 is 36.4 Å². The van der Waals surface area contributed by atoms with Gasteiger partial charge in [0.25, 0.3) is 0 Å². The maximum atomic E-state index is 12.1. The molecule has 0 aromatic heterocycles. The lowest BCUT2D eigenvalue weighted by atomic mass is 10.2. The van der Waals surface area contributed by atoms with Crippen LogP contribution >= 0.6 is 24.8 Å². The number of halogens is 2. The maximum Gasteiger partial charge on any atom is 0.221 e. The summed E-state index contributed by atoms with van der Waals surface area (Å²) in [6.07, 6.45) is 0.603. The Kier molecular flexibility index (Phi) is 11.8. The maximum absolute atomic E-state index is 12.1. The minimum absolute atomic E-state index is 0. The van der Waals surface area contributed by atoms with Crippen molar-refractivity contribution in [1.82, 2.24) is 20.4 Å². The van der Waals surface area contributed by atoms with Crippen LogP contribution in [0.3, 0.4) is 0 Å². The summed E-state index contributed by atoms with van der Waals surface area (Å²) in [5, 5.41) is 6.42. The van der Waals surface area contributed by atoms with Crippen molar-refractivity contribution < 1.29 is 4.79 Å². The van der Waals surface area contributed by atoms with Crippen molar-refractivity contribution in [3.05, 3.63) is 29.8 Å². The summed E-state index contributed by atoms with van der Waals surface area (Å²) in [6, 6.07) is 8.71. The topological polar surface area (TPSA) is 50.9 Å². The lowest BCUT2D eigenvalue weighted by molar-refractivity contribution is -0.121. The Morgan fingerprint density at radius 2 is 1.68 bits per heavy atom. The van der Waals surface area contributed by atoms with Crippen molar-refractivity contribution in [1.29, 1.82) is 0 Å². The molecule has 6 nitrogen and oxygen atoms in total. The SMILES string of the molecule is Cc1cccc(N2CCN(CCC(=O)NCCN3CCNCC3)CC2)c1.Cl.Cl. The van der Waals surface area contributed by atoms with Gasteiger partial charge in [-0.2, -0.15) is 0 Å². The van der Waals surface area contributed by atoms with Crippen LogP contribution in [-0.2, 0) is 4.79 Å². The molecule has 2 saturated heterocycles. The number of carbonyl (C=O) groups is 1. The molecule has 2 aliphatic heterocycles. The molecule has 1 amide bonds. The first-order valence-electron chi connectivity index (χ1n) is 9.94. The fourth-order valence-corrected chi connectivity index (χ4v) is 3.69. The molecule has 0 atom stereocenters. The molecule has 3 rings (SSSR count). The average molecular weight is 432 g/mol. The van der Waals surface area contributed by atoms with Crippen LogP contribution in [0.25, 0.3) is 0 Å². The number of nitrogens with one attached hydrogen (secondary N) is 2. The van der Waals surface area contributed by atoms with Crippen LogP contribution in [0, 0.1) is 6.92 Å². The van der Waals surface area contributed by atoms with Crippen LogP contribution < -0.4 is 15.5 Å². The number of hydrogen-bond donors (Lipinski definition) is 2. The Labute approximate surface area is 181 Å². The van der Waals surface area contributed by atoms with Gasteiger partial charge >= 0.3 is 0 Å². The van der Waals surface area contributed by atoms with Gasteiger partial charge in [-0.15, -0.1) is 24.8 Å². The normalized spacial score (nSPS) is 18.1. The van der Waals surface area contributed by atoms with Gasteiger partial charge in [0.15, 0.2) is 0 Å². The van der Waals surface area contributed by atoms with E-state index < -0.39 is 0 Å². The van der Waals surface area contributed by atoms with Gasteiger partial charge in [-0.05, 0) is 24.6 Å². The number of piperazine rings is 2. The second-order valence-electron chi connectivity index (χ2n) is 7.36. The van der Waals surface area contributed by atoms with Crippen molar-refractivity contribution in [3.63, 3.8) is 0 Å². The highest BCUT2D eigenvalue weighted by atomic mass is 35.5. The zero-order chi connectivity index (χ0) is 18.2. The molecule has 0 saturated carbocycles. The van der Waals surface area contributed by atoms with Gasteiger partial charge < -0.3 is 15.5 Å². The summed E-state index contributed by atoms with van der Waals surface area (Å²) < 4.78 is 0. The second-order valence-corrected chi connectivity index (χ2v) is 7.36. The lowest BCUT2D eigenvalue weighted by Gasteiger charge is -2.36. The monoisotopic (exact) mass is 431 g/mol. The van der Waals surface area contributed by atoms with E-state index in [-0.39, 0.29) is 30.7 Å². The third-order valence-corrected chi connectivity index (χ3v) is 5.35. The van der Waals surface area contributed by atoms with Crippen LogP contribution in [0.2, 0.25) is 0 Å². The molecular formula is C20H35Cl2N5O. The van der Waals surface area contributed by atoms with Crippen molar-refractivity contribution in [2.75, 3.05) is 76.9 Å². The molecule has 2 N–H and O–H groups in total. The number of nitrogens with zero attached hydrogens (tertiary/aromatic N) is 3. The van der Waals surface area contributed by atoms with Gasteiger partial charge in [0.1, 0.15) is 0 Å². The molecule has 0 bridgehead atoms. The summed E-state index contributed by atoms with van der Waals surface area (Å²) in [5.41, 5.74) is 2.62. The van der Waals surface area contributed by atoms with Crippen LogP contribution in [0.5, 0.6) is 0 Å². The van der Waals surface area contributed by atoms with E-state index in [1.807, 2.05) is 0 Å². The fraction of sp³-hybridized carbons (Fsp3) is 0.650. The molecule has 0 spiro atoms. The van der Waals surface area contributed by atoms with E-state index in [9.17, 15) is 4.79 Å². The van der Waals surface area contributed by atoms with E-state index in [4.69, 9.17) is 0 Å². The zero-order valence-corrected chi connectivity index (χ0v) is 18.5. The average Bonchev–Trinajstić information content (AvgIpc) is 2.68. The molecule has 160 valence electrons. The Morgan fingerprint density at radius 3 is 2.36 bits per heavy atom. The molecule has 2 aliphatic rings. The predicted octanol–water partition coefficient (Wildman–Crippen LogP) is 1.37. The number of carbonyl (C=O) groups excluding carboxylic acids is 1. The van der Waals surface area contributed by atoms with E-state index in [1.54, 1.807) is 0 Å². The summed E-state index contributed by atoms with van der Waals surface area (Å²) in [7, 11) is 0. The Morgan fingerprint density at radius 1 is 1.00 bits per heavy atom. The second kappa shape index (κ2) is 13.2. The van der Waals surface area contributed by atoms with Crippen LogP contribution in [0.15, 0.2) is 24.3 Å². The molecule has 0 unspecified atom stereocenters. The Hall–Kier alpha value is -1.05. The highest BCUT2D eigenvalue weighted by Crippen LogP contribution is 2.17. The molecule has 1 aromatic rings. The van der Waals surface area contributed by atoms with Gasteiger partial charge in [-0.25, -0.2) is 0 Å². The summed E-state index contributed by atoms with van der Waals surface area (Å²) >= 11 is 0. The highest BCUT2D eigenvalue weighted by molar-refractivity contribution is 5.85. The summed E-state index contributed by atoms with van der Waals surface area (Å²) in [4.78, 5) is 19.3. The van der Waals surface area contributed by atoms with Crippen molar-refractivity contribution in [2.24, 2.45) is 0 Å². The smallest absolute Gasteiger partial charge is 0.221 e. The fourth-order valence-electron chi connectivity index (χ4n) is 3.69. The van der Waals surface area contributed by atoms with Crippen LogP contribution in [-0.4, -0.2) is 87.7 Å². The third-order valence-electron chi connectivity index (χ3n) is 5.35. The third kappa shape index (κ3) is 8.13. The summed E-state index contributed by atoms with van der Waals surface area (Å²) in [6.45, 7) is 13.1. The molecular weight excluding hydrogens is 397 g/mol. The quantitative estimate of drug-likeness (QED) is 0.682. The molecule has 28 heavy (non-hydrogen) atoms. The van der Waals surface area contributed by atoms with Crippen LogP contribution in [0.4, 0.5) is 5.69 Å². The Bertz CT molecular complexity index is 575. The first-order valence-corrected chi connectivity index (χ1v) is 9.94. The lowest BCUT2D eigenvalue weighted by Crippen LogP contribution is -2.48. The number of benzene rings is 1.